The lowest BCUT2D eigenvalue weighted by Crippen LogP contribution is -2.16. The van der Waals surface area contributed by atoms with Crippen molar-refractivity contribution in [2.75, 3.05) is 19.7 Å². The van der Waals surface area contributed by atoms with E-state index >= 15 is 0 Å². The summed E-state index contributed by atoms with van der Waals surface area (Å²) in [6.45, 7) is 5.32. The number of rotatable bonds is 10. The van der Waals surface area contributed by atoms with Crippen molar-refractivity contribution in [3.05, 3.63) is 28.7 Å². The van der Waals surface area contributed by atoms with Crippen molar-refractivity contribution in [2.24, 2.45) is 0 Å². The Morgan fingerprint density at radius 2 is 1.83 bits per heavy atom. The predicted octanol–water partition coefficient (Wildman–Crippen LogP) is 4.39. The highest BCUT2D eigenvalue weighted by atomic mass is 79.9. The topological polar surface area (TPSA) is 21.3 Å². The van der Waals surface area contributed by atoms with Crippen LogP contribution in [0.2, 0.25) is 0 Å². The van der Waals surface area contributed by atoms with Crippen LogP contribution in [0.1, 0.15) is 39.0 Å². The number of hydrogen-bond acceptors (Lipinski definition) is 2. The zero-order valence-corrected chi connectivity index (χ0v) is 12.8. The van der Waals surface area contributed by atoms with Crippen molar-refractivity contribution in [2.45, 2.75) is 39.0 Å². The predicted molar refractivity (Wildman–Crippen MR) is 81.3 cm³/mol. The fourth-order valence-corrected chi connectivity index (χ4v) is 2.10. The van der Waals surface area contributed by atoms with Gasteiger partial charge < -0.3 is 10.1 Å². The summed E-state index contributed by atoms with van der Waals surface area (Å²) >= 11 is 3.48. The molecule has 102 valence electrons. The fraction of sp³-hybridized carbons (Fsp3) is 0.600. The molecule has 0 amide bonds. The highest BCUT2D eigenvalue weighted by Gasteiger charge is 1.98. The van der Waals surface area contributed by atoms with Crippen molar-refractivity contribution < 1.29 is 4.74 Å². The summed E-state index contributed by atoms with van der Waals surface area (Å²) in [5.41, 5.74) is 0. The minimum atomic E-state index is 0.803. The van der Waals surface area contributed by atoms with Gasteiger partial charge in [0.25, 0.3) is 0 Å². The molecule has 1 aromatic carbocycles. The van der Waals surface area contributed by atoms with E-state index in [1.165, 1.54) is 25.7 Å². The van der Waals surface area contributed by atoms with Crippen molar-refractivity contribution in [3.63, 3.8) is 0 Å². The molecule has 0 spiro atoms. The van der Waals surface area contributed by atoms with Gasteiger partial charge in [-0.2, -0.15) is 0 Å². The first-order valence-electron chi connectivity index (χ1n) is 6.92. The summed E-state index contributed by atoms with van der Waals surface area (Å²) < 4.78 is 6.75. The van der Waals surface area contributed by atoms with Crippen LogP contribution in [-0.2, 0) is 0 Å². The van der Waals surface area contributed by atoms with E-state index < -0.39 is 0 Å². The highest BCUT2D eigenvalue weighted by molar-refractivity contribution is 9.10. The maximum Gasteiger partial charge on any atom is 0.133 e. The van der Waals surface area contributed by atoms with E-state index in [4.69, 9.17) is 4.74 Å². The molecule has 0 bridgehead atoms. The molecule has 1 N–H and O–H groups in total. The summed E-state index contributed by atoms with van der Waals surface area (Å²) in [5.74, 6) is 0.943. The molecule has 0 aliphatic rings. The van der Waals surface area contributed by atoms with Crippen LogP contribution in [0.5, 0.6) is 5.75 Å². The molecular formula is C15H24BrNO. The maximum atomic E-state index is 5.71. The number of unbranched alkanes of at least 4 members (excludes halogenated alkanes) is 3. The second kappa shape index (κ2) is 10.4. The molecular weight excluding hydrogens is 290 g/mol. The molecule has 1 rings (SSSR count). The molecule has 0 atom stereocenters. The van der Waals surface area contributed by atoms with Gasteiger partial charge in [0.15, 0.2) is 0 Å². The van der Waals surface area contributed by atoms with Gasteiger partial charge in [0.2, 0.25) is 0 Å². The van der Waals surface area contributed by atoms with Crippen molar-refractivity contribution in [1.82, 2.24) is 5.32 Å². The molecule has 3 heteroatoms. The van der Waals surface area contributed by atoms with Crippen LogP contribution >= 0.6 is 15.9 Å². The van der Waals surface area contributed by atoms with Crippen LogP contribution in [0.4, 0.5) is 0 Å². The monoisotopic (exact) mass is 313 g/mol. The molecule has 2 nitrogen and oxygen atoms in total. The van der Waals surface area contributed by atoms with Crippen molar-refractivity contribution in [3.8, 4) is 5.75 Å². The molecule has 0 heterocycles. The minimum absolute atomic E-state index is 0.803. The van der Waals surface area contributed by atoms with E-state index in [9.17, 15) is 0 Å². The SMILES string of the molecule is CCCCNCCCCCOc1ccccc1Br. The third kappa shape index (κ3) is 7.02. The normalized spacial score (nSPS) is 10.6. The van der Waals surface area contributed by atoms with E-state index in [0.29, 0.717) is 0 Å². The Hall–Kier alpha value is -0.540. The third-order valence-electron chi connectivity index (χ3n) is 2.80. The second-order valence-electron chi connectivity index (χ2n) is 4.44. The zero-order chi connectivity index (χ0) is 13.1. The van der Waals surface area contributed by atoms with Gasteiger partial charge in [-0.3, -0.25) is 0 Å². The number of benzene rings is 1. The summed E-state index contributed by atoms with van der Waals surface area (Å²) in [7, 11) is 0. The number of ether oxygens (including phenoxy) is 1. The Balaban J connectivity index is 1.94. The average Bonchev–Trinajstić information content (AvgIpc) is 2.39. The standard InChI is InChI=1S/C15H24BrNO/c1-2-3-11-17-12-7-4-8-13-18-15-10-6-5-9-14(15)16/h5-6,9-10,17H,2-4,7-8,11-13H2,1H3. The van der Waals surface area contributed by atoms with Crippen LogP contribution in [0.25, 0.3) is 0 Å². The lowest BCUT2D eigenvalue weighted by atomic mass is 10.2. The molecule has 0 radical (unpaired) electrons. The van der Waals surface area contributed by atoms with Crippen LogP contribution in [-0.4, -0.2) is 19.7 Å². The maximum absolute atomic E-state index is 5.71. The van der Waals surface area contributed by atoms with Crippen molar-refractivity contribution >= 4 is 15.9 Å². The summed E-state index contributed by atoms with van der Waals surface area (Å²) in [6.07, 6.45) is 6.14. The van der Waals surface area contributed by atoms with E-state index in [1.54, 1.807) is 0 Å². The fourth-order valence-electron chi connectivity index (χ4n) is 1.70. The Kier molecular flexibility index (Phi) is 8.96. The molecule has 0 aromatic heterocycles. The number of para-hydroxylation sites is 1. The van der Waals surface area contributed by atoms with Crippen LogP contribution in [0, 0.1) is 0 Å². The van der Waals surface area contributed by atoms with Gasteiger partial charge in [0.05, 0.1) is 11.1 Å². The highest BCUT2D eigenvalue weighted by Crippen LogP contribution is 2.23. The Labute approximate surface area is 119 Å². The summed E-state index contributed by atoms with van der Waals surface area (Å²) in [6, 6.07) is 8.00. The third-order valence-corrected chi connectivity index (χ3v) is 3.45. The van der Waals surface area contributed by atoms with Crippen LogP contribution in [0.15, 0.2) is 28.7 Å². The minimum Gasteiger partial charge on any atom is -0.492 e. The van der Waals surface area contributed by atoms with Gasteiger partial charge in [-0.15, -0.1) is 0 Å². The number of halogens is 1. The molecule has 0 unspecified atom stereocenters. The van der Waals surface area contributed by atoms with E-state index in [1.807, 2.05) is 24.3 Å². The first-order valence-corrected chi connectivity index (χ1v) is 7.72. The quantitative estimate of drug-likeness (QED) is 0.647. The van der Waals surface area contributed by atoms with Gasteiger partial charge in [-0.1, -0.05) is 25.5 Å². The summed E-state index contributed by atoms with van der Waals surface area (Å²) in [5, 5.41) is 3.46. The van der Waals surface area contributed by atoms with Gasteiger partial charge in [0.1, 0.15) is 5.75 Å². The van der Waals surface area contributed by atoms with Gasteiger partial charge in [-0.05, 0) is 66.8 Å². The molecule has 18 heavy (non-hydrogen) atoms. The van der Waals surface area contributed by atoms with Crippen LogP contribution < -0.4 is 10.1 Å². The van der Waals surface area contributed by atoms with E-state index in [2.05, 4.69) is 28.2 Å². The average molecular weight is 314 g/mol. The van der Waals surface area contributed by atoms with Gasteiger partial charge in [-0.25, -0.2) is 0 Å². The van der Waals surface area contributed by atoms with Gasteiger partial charge >= 0.3 is 0 Å². The molecule has 0 aliphatic carbocycles. The molecule has 0 saturated heterocycles. The Bertz CT molecular complexity index is 317. The lowest BCUT2D eigenvalue weighted by molar-refractivity contribution is 0.303. The van der Waals surface area contributed by atoms with E-state index in [0.717, 1.165) is 36.3 Å². The number of nitrogens with one attached hydrogen (secondary N) is 1. The summed E-state index contributed by atoms with van der Waals surface area (Å²) in [4.78, 5) is 0. The molecule has 1 aromatic rings. The molecule has 0 aliphatic heterocycles. The molecule has 0 saturated carbocycles. The zero-order valence-electron chi connectivity index (χ0n) is 11.3. The number of hydrogen-bond donors (Lipinski definition) is 1. The lowest BCUT2D eigenvalue weighted by Gasteiger charge is -2.08. The van der Waals surface area contributed by atoms with E-state index in [-0.39, 0.29) is 0 Å². The second-order valence-corrected chi connectivity index (χ2v) is 5.30. The first-order chi connectivity index (χ1) is 8.84. The van der Waals surface area contributed by atoms with Crippen LogP contribution in [0.3, 0.4) is 0 Å². The molecule has 0 fully saturated rings. The van der Waals surface area contributed by atoms with Gasteiger partial charge in [0, 0.05) is 0 Å². The Morgan fingerprint density at radius 3 is 2.61 bits per heavy atom. The van der Waals surface area contributed by atoms with Crippen molar-refractivity contribution in [1.29, 1.82) is 0 Å². The smallest absolute Gasteiger partial charge is 0.133 e. The Morgan fingerprint density at radius 1 is 1.06 bits per heavy atom. The first kappa shape index (κ1) is 15.5. The largest absolute Gasteiger partial charge is 0.492 e.